The van der Waals surface area contributed by atoms with Crippen LogP contribution < -0.4 is 23.2 Å². The fourth-order valence-electron chi connectivity index (χ4n) is 3.90. The second-order valence-electron chi connectivity index (χ2n) is 9.27. The van der Waals surface area contributed by atoms with E-state index in [2.05, 4.69) is 0 Å². The molecule has 11 heteroatoms. The number of halogens is 1. The minimum atomic E-state index is -4.94. The molecule has 0 aliphatic heterocycles. The number of carbonyl (C=O) groups is 3. The van der Waals surface area contributed by atoms with E-state index in [1.807, 2.05) is 71.4 Å². The lowest BCUT2D eigenvalue weighted by atomic mass is 10.0. The zero-order chi connectivity index (χ0) is 30.3. The van der Waals surface area contributed by atoms with Crippen LogP contribution in [0.3, 0.4) is 0 Å². The van der Waals surface area contributed by atoms with Gasteiger partial charge in [-0.05, 0) is 42.5 Å². The highest BCUT2D eigenvalue weighted by Crippen LogP contribution is 2.21. The summed E-state index contributed by atoms with van der Waals surface area (Å²) >= 11 is 0. The van der Waals surface area contributed by atoms with E-state index in [0.29, 0.717) is 22.3 Å². The molecule has 0 saturated carbocycles. The van der Waals surface area contributed by atoms with E-state index in [0.717, 1.165) is 16.9 Å². The van der Waals surface area contributed by atoms with Crippen molar-refractivity contribution in [2.24, 2.45) is 0 Å². The van der Waals surface area contributed by atoms with Crippen molar-refractivity contribution >= 4 is 17.6 Å². The molecule has 0 atom stereocenters. The van der Waals surface area contributed by atoms with Crippen molar-refractivity contribution < 1.29 is 47.8 Å². The minimum absolute atomic E-state index is 0.0586. The number of pyridine rings is 1. The summed E-state index contributed by atoms with van der Waals surface area (Å²) in [7, 11) is 1.89. The van der Waals surface area contributed by atoms with Crippen molar-refractivity contribution in [3.63, 3.8) is 0 Å². The number of para-hydroxylation sites is 1. The van der Waals surface area contributed by atoms with Crippen molar-refractivity contribution in [1.29, 1.82) is 0 Å². The monoisotopic (exact) mass is 577 g/mol. The van der Waals surface area contributed by atoms with E-state index in [1.165, 1.54) is 4.90 Å². The van der Waals surface area contributed by atoms with Gasteiger partial charge in [0.25, 0.3) is 11.8 Å². The van der Waals surface area contributed by atoms with Gasteiger partial charge in [0.15, 0.2) is 12.0 Å². The molecule has 0 saturated heterocycles. The van der Waals surface area contributed by atoms with Gasteiger partial charge >= 0.3 is 0 Å². The van der Waals surface area contributed by atoms with Crippen LogP contribution in [-0.2, 0) is 0 Å². The van der Waals surface area contributed by atoms with Crippen LogP contribution in [0.25, 0.3) is 16.9 Å². The first-order valence-corrected chi connectivity index (χ1v) is 13.4. The number of aromatic nitrogens is 1. The lowest BCUT2D eigenvalue weighted by Crippen LogP contribution is -2.68. The first-order chi connectivity index (χ1) is 19.3. The molecule has 0 spiro atoms. The number of ketones is 1. The number of hydrogen-bond acceptors (Lipinski definition) is 7. The van der Waals surface area contributed by atoms with Gasteiger partial charge in [-0.2, -0.15) is 4.57 Å². The molecule has 41 heavy (non-hydrogen) atoms. The maximum Gasteiger partial charge on any atom is 0.253 e. The molecule has 1 heterocycles. The molecule has 0 aliphatic rings. The Bertz CT molecular complexity index is 1510. The van der Waals surface area contributed by atoms with Crippen molar-refractivity contribution in [3.05, 3.63) is 119 Å². The van der Waals surface area contributed by atoms with Crippen LogP contribution in [0.15, 0.2) is 97.2 Å². The Hall–Kier alpha value is -4.45. The lowest BCUT2D eigenvalue weighted by Gasteiger charge is -2.17. The number of carbonyl (C=O) groups excluding carboxylic acids is 3. The van der Waals surface area contributed by atoms with E-state index < -0.39 is 10.2 Å². The van der Waals surface area contributed by atoms with E-state index in [-0.39, 0.29) is 17.6 Å². The third-order valence-electron chi connectivity index (χ3n) is 5.88. The second kappa shape index (κ2) is 13.3. The van der Waals surface area contributed by atoms with Crippen LogP contribution in [0.2, 0.25) is 0 Å². The van der Waals surface area contributed by atoms with Gasteiger partial charge in [-0.25, -0.2) is 18.6 Å². The van der Waals surface area contributed by atoms with Crippen LogP contribution in [0, 0.1) is 10.2 Å². The summed E-state index contributed by atoms with van der Waals surface area (Å²) in [5, 5.41) is 0. The van der Waals surface area contributed by atoms with Crippen molar-refractivity contribution in [3.8, 4) is 16.9 Å². The predicted molar refractivity (Wildman–Crippen MR) is 139 cm³/mol. The van der Waals surface area contributed by atoms with Gasteiger partial charge in [-0.3, -0.25) is 14.4 Å². The summed E-state index contributed by atoms with van der Waals surface area (Å²) in [6.45, 7) is 0. The lowest BCUT2D eigenvalue weighted by molar-refractivity contribution is -2.00. The van der Waals surface area contributed by atoms with Gasteiger partial charge in [0.1, 0.15) is 0 Å². The van der Waals surface area contributed by atoms with E-state index in [4.69, 9.17) is 18.6 Å². The predicted octanol–water partition coefficient (Wildman–Crippen LogP) is -0.491. The van der Waals surface area contributed by atoms with E-state index in [1.54, 1.807) is 63.4 Å². The number of hydrogen-bond donors (Lipinski definition) is 0. The fourth-order valence-corrected chi connectivity index (χ4v) is 3.90. The van der Waals surface area contributed by atoms with Gasteiger partial charge in [-0.15, -0.1) is 10.2 Å². The molecule has 0 radical (unpaired) electrons. The highest BCUT2D eigenvalue weighted by Gasteiger charge is 2.21. The molecule has 0 bridgehead atoms. The molecule has 10 nitrogen and oxygen atoms in total. The third kappa shape index (κ3) is 8.52. The van der Waals surface area contributed by atoms with E-state index in [9.17, 15) is 14.4 Å². The van der Waals surface area contributed by atoms with Crippen LogP contribution in [0.1, 0.15) is 36.6 Å². The van der Waals surface area contributed by atoms with Gasteiger partial charge in [-0.1, -0.05) is 30.3 Å². The number of nitrogens with zero attached hydrogens (tertiary/aromatic N) is 3. The summed E-state index contributed by atoms with van der Waals surface area (Å²) in [4.78, 5) is 40.8. The molecule has 1 aromatic heterocycles. The molecule has 212 valence electrons. The molecule has 0 fully saturated rings. The van der Waals surface area contributed by atoms with Gasteiger partial charge in [0, 0.05) is 68.6 Å². The average Bonchev–Trinajstić information content (AvgIpc) is 2.95. The van der Waals surface area contributed by atoms with Crippen LogP contribution in [0.5, 0.6) is 0 Å². The average molecular weight is 578 g/mol. The largest absolute Gasteiger partial charge is 0.345 e. The summed E-state index contributed by atoms with van der Waals surface area (Å²) < 4.78 is 35.9. The standard InChI is InChI=1S/C30H28N3O3.ClHO4/c1-31(2)29(35)23-14-10-21(11-15-23)27-19-18-25(20-33(27)26-8-6-5-7-9-26)28(34)22-12-16-24(17-13-22)30(36)32(3)4;2-1(3,4)5/h5-20H,1-4H3;(H,2,3,4,5)/q+1;/p-1. The molecule has 0 unspecified atom stereocenters. The Balaban J connectivity index is 0.000000850. The Morgan fingerprint density at radius 3 is 1.46 bits per heavy atom. The first kappa shape index (κ1) is 31.1. The zero-order valence-electron chi connectivity index (χ0n) is 22.8. The topological polar surface area (TPSA) is 154 Å². The number of rotatable bonds is 6. The molecule has 4 aromatic rings. The summed E-state index contributed by atoms with van der Waals surface area (Å²) in [5.41, 5.74) is 4.87. The molecule has 3 aromatic carbocycles. The van der Waals surface area contributed by atoms with Gasteiger partial charge in [0.05, 0.1) is 5.56 Å². The maximum atomic E-state index is 13.3. The summed E-state index contributed by atoms with van der Waals surface area (Å²) in [6, 6.07) is 27.6. The minimum Gasteiger partial charge on any atom is -0.345 e. The number of amides is 2. The van der Waals surface area contributed by atoms with Crippen molar-refractivity contribution in [2.45, 2.75) is 0 Å². The van der Waals surface area contributed by atoms with Crippen molar-refractivity contribution in [1.82, 2.24) is 9.80 Å². The highest BCUT2D eigenvalue weighted by molar-refractivity contribution is 6.09. The molecule has 4 rings (SSSR count). The molecule has 0 N–H and O–H groups in total. The van der Waals surface area contributed by atoms with Gasteiger partial charge in [0.2, 0.25) is 11.4 Å². The third-order valence-corrected chi connectivity index (χ3v) is 5.88. The summed E-state index contributed by atoms with van der Waals surface area (Å²) in [5.74, 6) is -0.308. The maximum absolute atomic E-state index is 13.3. The van der Waals surface area contributed by atoms with Crippen LogP contribution in [0.4, 0.5) is 0 Å². The van der Waals surface area contributed by atoms with Crippen molar-refractivity contribution in [2.75, 3.05) is 28.2 Å². The molecular formula is C30H28ClN3O7. The fraction of sp³-hybridized carbons (Fsp3) is 0.133. The Morgan fingerprint density at radius 2 is 1.00 bits per heavy atom. The van der Waals surface area contributed by atoms with Crippen LogP contribution >= 0.6 is 0 Å². The van der Waals surface area contributed by atoms with Crippen LogP contribution in [-0.4, -0.2) is 55.6 Å². The second-order valence-corrected chi connectivity index (χ2v) is 10.0. The van der Waals surface area contributed by atoms with E-state index >= 15 is 0 Å². The molecular weight excluding hydrogens is 550 g/mol. The SMILES string of the molecule is CN(C)C(=O)c1ccc(C(=O)c2ccc(-c3ccc(C(=O)N(C)C)cc3)[n+](-c3ccccc3)c2)cc1.[O-][Cl+3]([O-])([O-])[O-]. The Kier molecular flexibility index (Phi) is 10.1. The Morgan fingerprint density at radius 1 is 0.585 bits per heavy atom. The molecule has 2 amide bonds. The smallest absolute Gasteiger partial charge is 0.253 e. The normalized spacial score (nSPS) is 10.7. The Labute approximate surface area is 239 Å². The quantitative estimate of drug-likeness (QED) is 0.221. The molecule has 0 aliphatic carbocycles. The zero-order valence-corrected chi connectivity index (χ0v) is 23.6. The number of benzene rings is 3. The van der Waals surface area contributed by atoms with Gasteiger partial charge < -0.3 is 9.80 Å². The highest BCUT2D eigenvalue weighted by atomic mass is 35.7. The summed E-state index contributed by atoms with van der Waals surface area (Å²) in [6.07, 6.45) is 1.82. The first-order valence-electron chi connectivity index (χ1n) is 12.2.